The van der Waals surface area contributed by atoms with E-state index in [2.05, 4.69) is 50.3 Å². The first-order valence-electron chi connectivity index (χ1n) is 19.3. The molecule has 0 aliphatic heterocycles. The smallest absolute Gasteiger partial charge is 0.457 e. The van der Waals surface area contributed by atoms with Crippen LogP contribution in [0.3, 0.4) is 0 Å². The van der Waals surface area contributed by atoms with E-state index in [1.165, 1.54) is 38.5 Å². The summed E-state index contributed by atoms with van der Waals surface area (Å²) in [5.74, 6) is -0.490. The number of unbranched alkanes of at least 4 members (excludes halogenated alkanes) is 13. The number of hydrogen-bond donors (Lipinski definition) is 6. The van der Waals surface area contributed by atoms with Crippen molar-refractivity contribution in [2.24, 2.45) is 0 Å². The summed E-state index contributed by atoms with van der Waals surface area (Å²) in [6.45, 7) is 4.04. The lowest BCUT2D eigenvalue weighted by molar-refractivity contribution is -0.220. The minimum absolute atomic E-state index is 0.0907. The molecule has 1 saturated carbocycles. The fraction of sp³-hybridized carbons (Fsp3) is 0.816. The molecule has 0 aromatic heterocycles. The van der Waals surface area contributed by atoms with E-state index in [1.54, 1.807) is 0 Å². The molecule has 6 unspecified atom stereocenters. The lowest BCUT2D eigenvalue weighted by Gasteiger charge is -2.41. The highest BCUT2D eigenvalue weighted by Crippen LogP contribution is 2.47. The van der Waals surface area contributed by atoms with Gasteiger partial charge in [-0.1, -0.05) is 121 Å². The first kappa shape index (κ1) is 47.6. The van der Waals surface area contributed by atoms with Gasteiger partial charge in [-0.3, -0.25) is 13.8 Å². The van der Waals surface area contributed by atoms with Crippen LogP contribution < -0.4 is 0 Å². The molecule has 13 heteroatoms. The molecule has 6 atom stereocenters. The van der Waals surface area contributed by atoms with Crippen molar-refractivity contribution < 1.29 is 58.3 Å². The SMILES string of the molecule is CC/C=C\C/C=C\C/C=C\CCCCCCOCC(COP(=O)(O)OC1C(O)C(O)C(O)C(O)C1O)OC(=O)CCCCCCCCCCCC. The number of aliphatic hydroxyl groups is 5. The number of carbonyl (C=O) groups excluding carboxylic acids is 1. The van der Waals surface area contributed by atoms with Crippen molar-refractivity contribution >= 4 is 13.8 Å². The van der Waals surface area contributed by atoms with Crippen LogP contribution in [0.25, 0.3) is 0 Å². The molecule has 0 radical (unpaired) electrons. The summed E-state index contributed by atoms with van der Waals surface area (Å²) in [5, 5.41) is 49.9. The Balaban J connectivity index is 2.49. The molecule has 51 heavy (non-hydrogen) atoms. The predicted octanol–water partition coefficient (Wildman–Crippen LogP) is 6.36. The molecule has 1 fully saturated rings. The van der Waals surface area contributed by atoms with Gasteiger partial charge < -0.3 is 39.9 Å². The van der Waals surface area contributed by atoms with E-state index in [1.807, 2.05) is 0 Å². The first-order chi connectivity index (χ1) is 24.5. The van der Waals surface area contributed by atoms with Crippen LogP contribution in [0, 0.1) is 0 Å². The molecule has 0 aromatic carbocycles. The number of allylic oxidation sites excluding steroid dienone is 6. The van der Waals surface area contributed by atoms with Crippen molar-refractivity contribution in [2.75, 3.05) is 19.8 Å². The summed E-state index contributed by atoms with van der Waals surface area (Å²) in [6.07, 6.45) is 19.5. The van der Waals surface area contributed by atoms with Crippen LogP contribution in [0.1, 0.15) is 136 Å². The average Bonchev–Trinajstić information content (AvgIpc) is 3.11. The van der Waals surface area contributed by atoms with Gasteiger partial charge in [0.15, 0.2) is 0 Å². The van der Waals surface area contributed by atoms with E-state index >= 15 is 0 Å². The molecule has 0 amide bonds. The maximum absolute atomic E-state index is 12.7. The van der Waals surface area contributed by atoms with Gasteiger partial charge in [0.2, 0.25) is 0 Å². The van der Waals surface area contributed by atoms with Crippen molar-refractivity contribution in [3.8, 4) is 0 Å². The molecule has 0 spiro atoms. The minimum atomic E-state index is -5.01. The van der Waals surface area contributed by atoms with Crippen LogP contribution >= 0.6 is 7.82 Å². The van der Waals surface area contributed by atoms with Crippen molar-refractivity contribution in [3.05, 3.63) is 36.5 Å². The van der Waals surface area contributed by atoms with Crippen molar-refractivity contribution in [1.29, 1.82) is 0 Å². The molecule has 1 rings (SSSR count). The Hall–Kier alpha value is -1.44. The summed E-state index contributed by atoms with van der Waals surface area (Å²) < 4.78 is 33.9. The normalized spacial score (nSPS) is 24.5. The van der Waals surface area contributed by atoms with Gasteiger partial charge >= 0.3 is 13.8 Å². The van der Waals surface area contributed by atoms with Gasteiger partial charge in [-0.15, -0.1) is 0 Å². The topological polar surface area (TPSA) is 192 Å². The number of esters is 1. The van der Waals surface area contributed by atoms with Crippen LogP contribution in [0.15, 0.2) is 36.5 Å². The van der Waals surface area contributed by atoms with Gasteiger partial charge in [0.25, 0.3) is 0 Å². The second-order valence-corrected chi connectivity index (χ2v) is 14.8. The minimum Gasteiger partial charge on any atom is -0.457 e. The predicted molar refractivity (Wildman–Crippen MR) is 198 cm³/mol. The van der Waals surface area contributed by atoms with Gasteiger partial charge in [-0.2, -0.15) is 0 Å². The molecular formula is C38H69O12P. The Morgan fingerprint density at radius 1 is 0.647 bits per heavy atom. The van der Waals surface area contributed by atoms with Crippen LogP contribution in [-0.2, 0) is 27.9 Å². The van der Waals surface area contributed by atoms with Gasteiger partial charge in [0, 0.05) is 13.0 Å². The highest BCUT2D eigenvalue weighted by Gasteiger charge is 2.51. The number of phosphoric acid groups is 1. The third-order valence-electron chi connectivity index (χ3n) is 8.78. The molecular weight excluding hydrogens is 679 g/mol. The third kappa shape index (κ3) is 23.1. The summed E-state index contributed by atoms with van der Waals surface area (Å²) in [6, 6.07) is 0. The third-order valence-corrected chi connectivity index (χ3v) is 9.76. The highest BCUT2D eigenvalue weighted by atomic mass is 31.2. The molecule has 1 aliphatic carbocycles. The molecule has 6 N–H and O–H groups in total. The van der Waals surface area contributed by atoms with Gasteiger partial charge in [-0.25, -0.2) is 4.57 Å². The number of aliphatic hydroxyl groups excluding tert-OH is 5. The van der Waals surface area contributed by atoms with Crippen LogP contribution in [0.5, 0.6) is 0 Å². The Morgan fingerprint density at radius 3 is 1.76 bits per heavy atom. The molecule has 1 aliphatic rings. The fourth-order valence-corrected chi connectivity index (χ4v) is 6.63. The van der Waals surface area contributed by atoms with Crippen LogP contribution in [0.2, 0.25) is 0 Å². The van der Waals surface area contributed by atoms with E-state index in [0.29, 0.717) is 13.0 Å². The molecule has 298 valence electrons. The summed E-state index contributed by atoms with van der Waals surface area (Å²) in [4.78, 5) is 22.9. The number of rotatable bonds is 31. The average molecular weight is 749 g/mol. The zero-order valence-corrected chi connectivity index (χ0v) is 32.0. The monoisotopic (exact) mass is 748 g/mol. The molecule has 12 nitrogen and oxygen atoms in total. The quantitative estimate of drug-likeness (QED) is 0.0199. The van der Waals surface area contributed by atoms with E-state index < -0.39 is 63.1 Å². The van der Waals surface area contributed by atoms with Crippen molar-refractivity contribution in [3.63, 3.8) is 0 Å². The Kier molecular flexibility index (Phi) is 27.9. The number of hydrogen-bond acceptors (Lipinski definition) is 11. The fourth-order valence-electron chi connectivity index (χ4n) is 5.66. The van der Waals surface area contributed by atoms with E-state index in [4.69, 9.17) is 18.5 Å². The summed E-state index contributed by atoms with van der Waals surface area (Å²) in [7, 11) is -5.01. The Morgan fingerprint density at radius 2 is 1.16 bits per heavy atom. The van der Waals surface area contributed by atoms with Crippen LogP contribution in [-0.4, -0.2) is 98.9 Å². The maximum Gasteiger partial charge on any atom is 0.472 e. The molecule has 0 heterocycles. The van der Waals surface area contributed by atoms with Crippen LogP contribution in [0.4, 0.5) is 0 Å². The number of phosphoric ester groups is 1. The van der Waals surface area contributed by atoms with Crippen molar-refractivity contribution in [2.45, 2.75) is 179 Å². The number of ether oxygens (including phenoxy) is 2. The number of carbonyl (C=O) groups is 1. The van der Waals surface area contributed by atoms with Gasteiger partial charge in [-0.05, 0) is 44.9 Å². The zero-order chi connectivity index (χ0) is 37.7. The maximum atomic E-state index is 12.7. The summed E-state index contributed by atoms with van der Waals surface area (Å²) in [5.41, 5.74) is 0. The van der Waals surface area contributed by atoms with E-state index in [0.717, 1.165) is 70.6 Å². The second kappa shape index (κ2) is 29.9. The Labute approximate surface area is 306 Å². The lowest BCUT2D eigenvalue weighted by Crippen LogP contribution is -2.64. The highest BCUT2D eigenvalue weighted by molar-refractivity contribution is 7.47. The van der Waals surface area contributed by atoms with Crippen molar-refractivity contribution in [1.82, 2.24) is 0 Å². The molecule has 0 saturated heterocycles. The lowest BCUT2D eigenvalue weighted by atomic mass is 9.85. The first-order valence-corrected chi connectivity index (χ1v) is 20.8. The van der Waals surface area contributed by atoms with Gasteiger partial charge in [0.1, 0.15) is 42.7 Å². The molecule has 0 aromatic rings. The molecule has 0 bridgehead atoms. The second-order valence-electron chi connectivity index (χ2n) is 13.4. The van der Waals surface area contributed by atoms with E-state index in [-0.39, 0.29) is 13.0 Å². The standard InChI is InChI=1S/C38H69O12P/c1-3-5-7-9-11-13-15-16-17-18-20-22-24-26-28-47-29-31(49-32(39)27-25-23-21-19-14-12-10-8-6-4-2)30-48-51(45,46)50-38-36(43)34(41)33(40)35(42)37(38)44/h5,7,11,13,16-17,31,33-38,40-44H,3-4,6,8-10,12,14-15,18-30H2,1-2H3,(H,45,46)/b7-5-,13-11-,17-16-. The zero-order valence-electron chi connectivity index (χ0n) is 31.1. The van der Waals surface area contributed by atoms with Gasteiger partial charge in [0.05, 0.1) is 13.2 Å². The van der Waals surface area contributed by atoms with E-state index in [9.17, 15) is 39.8 Å². The largest absolute Gasteiger partial charge is 0.472 e. The summed E-state index contributed by atoms with van der Waals surface area (Å²) >= 11 is 0. The Bertz CT molecular complexity index is 989.